The van der Waals surface area contributed by atoms with Gasteiger partial charge in [0.1, 0.15) is 0 Å². The van der Waals surface area contributed by atoms with E-state index in [1.165, 1.54) is 12.1 Å². The van der Waals surface area contributed by atoms with E-state index >= 15 is 0 Å². The molecule has 0 saturated carbocycles. The third kappa shape index (κ3) is 5.88. The number of carbonyl (C=O) groups excluding carboxylic acids is 1. The van der Waals surface area contributed by atoms with Crippen LogP contribution in [0.1, 0.15) is 30.6 Å². The zero-order valence-corrected chi connectivity index (χ0v) is 12.3. The van der Waals surface area contributed by atoms with E-state index in [1.807, 2.05) is 13.8 Å². The number of thioether (sulfide) groups is 1. The molecule has 0 aliphatic carbocycles. The third-order valence-corrected chi connectivity index (χ3v) is 3.38. The van der Waals surface area contributed by atoms with Crippen molar-refractivity contribution in [3.8, 4) is 0 Å². The van der Waals surface area contributed by atoms with Crippen LogP contribution < -0.4 is 5.32 Å². The predicted octanol–water partition coefficient (Wildman–Crippen LogP) is 3.14. The quantitative estimate of drug-likeness (QED) is 0.761. The Bertz CT molecular complexity index is 441. The van der Waals surface area contributed by atoms with Crippen LogP contribution in [0.2, 0.25) is 0 Å². The van der Waals surface area contributed by atoms with Crippen molar-refractivity contribution in [1.82, 2.24) is 5.32 Å². The number of hydrogen-bond donors (Lipinski definition) is 2. The van der Waals surface area contributed by atoms with Gasteiger partial charge in [0.05, 0.1) is 11.7 Å². The Labute approximate surface area is 121 Å². The Kier molecular flexibility index (Phi) is 6.95. The van der Waals surface area contributed by atoms with Crippen molar-refractivity contribution in [1.29, 1.82) is 0 Å². The number of carbonyl (C=O) groups is 1. The molecule has 1 amide bonds. The molecule has 1 rings (SSSR count). The van der Waals surface area contributed by atoms with Gasteiger partial charge < -0.3 is 10.4 Å². The molecule has 0 fully saturated rings. The number of aliphatic hydroxyl groups excluding tert-OH is 1. The lowest BCUT2D eigenvalue weighted by atomic mass is 10.1. The zero-order chi connectivity index (χ0) is 15.1. The first-order valence-corrected chi connectivity index (χ1v) is 7.28. The van der Waals surface area contributed by atoms with Crippen LogP contribution in [0.5, 0.6) is 0 Å². The number of rotatable bonds is 7. The summed E-state index contributed by atoms with van der Waals surface area (Å²) in [6.45, 7) is 4.06. The van der Waals surface area contributed by atoms with Crippen LogP contribution in [0.25, 0.3) is 0 Å². The fourth-order valence-corrected chi connectivity index (χ4v) is 2.42. The molecule has 0 aliphatic heterocycles. The first-order chi connectivity index (χ1) is 9.40. The zero-order valence-electron chi connectivity index (χ0n) is 11.5. The van der Waals surface area contributed by atoms with Gasteiger partial charge in [0.25, 0.3) is 11.7 Å². The van der Waals surface area contributed by atoms with E-state index in [0.29, 0.717) is 24.1 Å². The molecule has 0 heterocycles. The predicted molar refractivity (Wildman–Crippen MR) is 76.1 cm³/mol. The maximum Gasteiger partial charge on any atom is 0.288 e. The van der Waals surface area contributed by atoms with E-state index in [4.69, 9.17) is 0 Å². The molecule has 6 heteroatoms. The minimum Gasteiger partial charge on any atom is -0.391 e. The van der Waals surface area contributed by atoms with E-state index in [2.05, 4.69) is 5.32 Å². The second kappa shape index (κ2) is 8.21. The monoisotopic (exact) mass is 303 g/mol. The molecule has 1 atom stereocenters. The van der Waals surface area contributed by atoms with Gasteiger partial charge in [-0.25, -0.2) is 0 Å². The first-order valence-electron chi connectivity index (χ1n) is 6.40. The van der Waals surface area contributed by atoms with Crippen molar-refractivity contribution in [2.75, 3.05) is 6.54 Å². The van der Waals surface area contributed by atoms with Crippen LogP contribution >= 0.6 is 11.8 Å². The number of alkyl halides is 2. The highest BCUT2D eigenvalue weighted by Gasteiger charge is 2.16. The van der Waals surface area contributed by atoms with Gasteiger partial charge in [-0.3, -0.25) is 4.79 Å². The molecule has 0 saturated heterocycles. The Balaban J connectivity index is 2.63. The van der Waals surface area contributed by atoms with E-state index < -0.39 is 17.8 Å². The second-order valence-corrected chi connectivity index (χ2v) is 5.90. The van der Waals surface area contributed by atoms with Crippen molar-refractivity contribution >= 4 is 17.7 Å². The summed E-state index contributed by atoms with van der Waals surface area (Å²) < 4.78 is 24.8. The molecule has 0 spiro atoms. The number of benzene rings is 1. The van der Waals surface area contributed by atoms with Gasteiger partial charge >= 0.3 is 0 Å². The lowest BCUT2D eigenvalue weighted by molar-refractivity contribution is 0.0897. The van der Waals surface area contributed by atoms with E-state index in [1.54, 1.807) is 12.1 Å². The molecule has 112 valence electrons. The Morgan fingerprint density at radius 3 is 2.60 bits per heavy atom. The van der Waals surface area contributed by atoms with Crippen molar-refractivity contribution in [2.45, 2.75) is 37.0 Å². The molecule has 20 heavy (non-hydrogen) atoms. The topological polar surface area (TPSA) is 49.3 Å². The Morgan fingerprint density at radius 1 is 1.35 bits per heavy atom. The highest BCUT2D eigenvalue weighted by atomic mass is 32.2. The van der Waals surface area contributed by atoms with Gasteiger partial charge in [0.2, 0.25) is 0 Å². The normalized spacial score (nSPS) is 12.8. The highest BCUT2D eigenvalue weighted by molar-refractivity contribution is 7.99. The first kappa shape index (κ1) is 16.9. The van der Waals surface area contributed by atoms with Crippen molar-refractivity contribution < 1.29 is 18.7 Å². The summed E-state index contributed by atoms with van der Waals surface area (Å²) in [5.41, 5.74) is 0.203. The van der Waals surface area contributed by atoms with Gasteiger partial charge in [0.15, 0.2) is 0 Å². The molecule has 0 aliphatic rings. The second-order valence-electron chi connectivity index (χ2n) is 4.87. The molecule has 0 bridgehead atoms. The van der Waals surface area contributed by atoms with Crippen LogP contribution in [0.4, 0.5) is 8.78 Å². The molecule has 1 aromatic carbocycles. The number of amides is 1. The number of halogens is 2. The molecular weight excluding hydrogens is 284 g/mol. The Morgan fingerprint density at radius 2 is 2.00 bits per heavy atom. The van der Waals surface area contributed by atoms with E-state index in [0.717, 1.165) is 0 Å². The number of aliphatic hydroxyl groups is 1. The molecule has 0 radical (unpaired) electrons. The fourth-order valence-electron chi connectivity index (χ4n) is 1.79. The van der Waals surface area contributed by atoms with Crippen LogP contribution in [0.3, 0.4) is 0 Å². The molecule has 0 aromatic heterocycles. The standard InChI is InChI=1S/C14H19F2NO2S/c1-9(2)7-10(18)8-17-13(19)11-5-3-4-6-12(11)20-14(15)16/h3-6,9-10,14,18H,7-8H2,1-2H3,(H,17,19). The summed E-state index contributed by atoms with van der Waals surface area (Å²) in [7, 11) is 0. The van der Waals surface area contributed by atoms with Crippen LogP contribution in [0, 0.1) is 5.92 Å². The van der Waals surface area contributed by atoms with Crippen molar-refractivity contribution in [2.24, 2.45) is 5.92 Å². The molecule has 1 aromatic rings. The molecule has 3 nitrogen and oxygen atoms in total. The fraction of sp³-hybridized carbons (Fsp3) is 0.500. The molecule has 2 N–H and O–H groups in total. The van der Waals surface area contributed by atoms with Gasteiger partial charge in [-0.2, -0.15) is 8.78 Å². The maximum atomic E-state index is 12.4. The summed E-state index contributed by atoms with van der Waals surface area (Å²) in [5.74, 6) is -2.70. The van der Waals surface area contributed by atoms with Gasteiger partial charge in [-0.15, -0.1) is 0 Å². The maximum absolute atomic E-state index is 12.4. The van der Waals surface area contributed by atoms with Gasteiger partial charge in [-0.05, 0) is 24.5 Å². The number of hydrogen-bond acceptors (Lipinski definition) is 3. The average molecular weight is 303 g/mol. The SMILES string of the molecule is CC(C)CC(O)CNC(=O)c1ccccc1SC(F)F. The van der Waals surface area contributed by atoms with Gasteiger partial charge in [0, 0.05) is 11.4 Å². The minimum absolute atomic E-state index is 0.116. The average Bonchev–Trinajstić information content (AvgIpc) is 2.35. The summed E-state index contributed by atoms with van der Waals surface area (Å²) in [5, 5.41) is 12.3. The summed E-state index contributed by atoms with van der Waals surface area (Å²) in [4.78, 5) is 12.2. The van der Waals surface area contributed by atoms with E-state index in [-0.39, 0.29) is 17.0 Å². The molecular formula is C14H19F2NO2S. The van der Waals surface area contributed by atoms with Crippen LogP contribution in [-0.2, 0) is 0 Å². The van der Waals surface area contributed by atoms with E-state index in [9.17, 15) is 18.7 Å². The molecule has 1 unspecified atom stereocenters. The Hall–Kier alpha value is -1.14. The summed E-state index contributed by atoms with van der Waals surface area (Å²) in [6, 6.07) is 6.20. The lowest BCUT2D eigenvalue weighted by Gasteiger charge is -2.14. The van der Waals surface area contributed by atoms with Crippen molar-refractivity contribution in [3.05, 3.63) is 29.8 Å². The lowest BCUT2D eigenvalue weighted by Crippen LogP contribution is -2.33. The third-order valence-electron chi connectivity index (χ3n) is 2.59. The van der Waals surface area contributed by atoms with Crippen LogP contribution in [-0.4, -0.2) is 29.4 Å². The van der Waals surface area contributed by atoms with Crippen LogP contribution in [0.15, 0.2) is 29.2 Å². The van der Waals surface area contributed by atoms with Crippen molar-refractivity contribution in [3.63, 3.8) is 0 Å². The number of nitrogens with one attached hydrogen (secondary N) is 1. The summed E-state index contributed by atoms with van der Waals surface area (Å²) in [6.07, 6.45) is -0.0536. The summed E-state index contributed by atoms with van der Waals surface area (Å²) >= 11 is 0.342. The highest BCUT2D eigenvalue weighted by Crippen LogP contribution is 2.28. The largest absolute Gasteiger partial charge is 0.391 e. The minimum atomic E-state index is -2.57. The van der Waals surface area contributed by atoms with Gasteiger partial charge in [-0.1, -0.05) is 37.7 Å². The smallest absolute Gasteiger partial charge is 0.288 e.